The van der Waals surface area contributed by atoms with Crippen LogP contribution in [-0.2, 0) is 0 Å². The summed E-state index contributed by atoms with van der Waals surface area (Å²) in [6, 6.07) is 2.56. The quantitative estimate of drug-likeness (QED) is 0.838. The molecule has 0 spiro atoms. The molecule has 0 aromatic carbocycles. The van der Waals surface area contributed by atoms with Crippen molar-refractivity contribution in [1.29, 1.82) is 0 Å². The lowest BCUT2D eigenvalue weighted by atomic mass is 9.76. The third-order valence-electron chi connectivity index (χ3n) is 5.91. The summed E-state index contributed by atoms with van der Waals surface area (Å²) < 4.78 is 0. The fourth-order valence-corrected chi connectivity index (χ4v) is 5.08. The van der Waals surface area contributed by atoms with Crippen LogP contribution >= 0.6 is 0 Å². The first kappa shape index (κ1) is 13.9. The molecule has 1 aliphatic heterocycles. The van der Waals surface area contributed by atoms with Gasteiger partial charge in [-0.3, -0.25) is 4.90 Å². The SMILES string of the molecule is CCNC1CCCCC1N1CCCC2CCCCC21. The number of likely N-dealkylation sites (tertiary alicyclic amines) is 1. The Hall–Kier alpha value is -0.0800. The maximum Gasteiger partial charge on any atom is 0.0252 e. The van der Waals surface area contributed by atoms with Crippen LogP contribution in [0.1, 0.15) is 71.1 Å². The summed E-state index contributed by atoms with van der Waals surface area (Å²) in [6.45, 7) is 4.79. The highest BCUT2D eigenvalue weighted by molar-refractivity contribution is 4.96. The van der Waals surface area contributed by atoms with Crippen molar-refractivity contribution in [3.05, 3.63) is 0 Å². The number of piperidine rings is 1. The van der Waals surface area contributed by atoms with Crippen molar-refractivity contribution < 1.29 is 0 Å². The zero-order chi connectivity index (χ0) is 13.1. The fraction of sp³-hybridized carbons (Fsp3) is 1.00. The molecular weight excluding hydrogens is 232 g/mol. The molecule has 19 heavy (non-hydrogen) atoms. The molecule has 0 radical (unpaired) electrons. The van der Waals surface area contributed by atoms with Gasteiger partial charge in [-0.2, -0.15) is 0 Å². The number of fused-ring (bicyclic) bond motifs is 1. The molecule has 2 heteroatoms. The van der Waals surface area contributed by atoms with Gasteiger partial charge in [0, 0.05) is 18.1 Å². The minimum absolute atomic E-state index is 0.777. The van der Waals surface area contributed by atoms with Gasteiger partial charge in [0.1, 0.15) is 0 Å². The van der Waals surface area contributed by atoms with Gasteiger partial charge in [0.25, 0.3) is 0 Å². The van der Waals surface area contributed by atoms with E-state index in [9.17, 15) is 0 Å². The van der Waals surface area contributed by atoms with Crippen LogP contribution in [0.25, 0.3) is 0 Å². The second kappa shape index (κ2) is 6.58. The minimum Gasteiger partial charge on any atom is -0.313 e. The number of likely N-dealkylation sites (N-methyl/N-ethyl adjacent to an activating group) is 1. The molecule has 1 N–H and O–H groups in total. The van der Waals surface area contributed by atoms with Crippen molar-refractivity contribution in [3.63, 3.8) is 0 Å². The van der Waals surface area contributed by atoms with Crippen molar-refractivity contribution in [2.24, 2.45) is 5.92 Å². The lowest BCUT2D eigenvalue weighted by Crippen LogP contribution is -2.58. The zero-order valence-corrected chi connectivity index (χ0v) is 12.7. The van der Waals surface area contributed by atoms with Gasteiger partial charge in [-0.15, -0.1) is 0 Å². The number of hydrogen-bond donors (Lipinski definition) is 1. The molecule has 0 aromatic rings. The lowest BCUT2D eigenvalue weighted by molar-refractivity contribution is 0.000675. The highest BCUT2D eigenvalue weighted by Gasteiger charge is 2.39. The molecule has 4 unspecified atom stereocenters. The Morgan fingerprint density at radius 2 is 1.53 bits per heavy atom. The van der Waals surface area contributed by atoms with E-state index in [1.165, 1.54) is 70.8 Å². The molecule has 2 saturated carbocycles. The second-order valence-electron chi connectivity index (χ2n) is 7.01. The molecule has 0 amide bonds. The van der Waals surface area contributed by atoms with E-state index in [4.69, 9.17) is 0 Å². The normalized spacial score (nSPS) is 40.9. The van der Waals surface area contributed by atoms with E-state index in [-0.39, 0.29) is 0 Å². The molecule has 1 saturated heterocycles. The second-order valence-corrected chi connectivity index (χ2v) is 7.01. The van der Waals surface area contributed by atoms with Gasteiger partial charge < -0.3 is 5.32 Å². The van der Waals surface area contributed by atoms with E-state index in [2.05, 4.69) is 17.1 Å². The van der Waals surface area contributed by atoms with Crippen LogP contribution in [0.3, 0.4) is 0 Å². The molecule has 4 atom stereocenters. The molecule has 2 nitrogen and oxygen atoms in total. The maximum atomic E-state index is 3.79. The molecule has 3 rings (SSSR count). The topological polar surface area (TPSA) is 15.3 Å². The Morgan fingerprint density at radius 3 is 2.37 bits per heavy atom. The first-order valence-corrected chi connectivity index (χ1v) is 8.89. The van der Waals surface area contributed by atoms with Crippen molar-refractivity contribution in [2.75, 3.05) is 13.1 Å². The first-order chi connectivity index (χ1) is 9.40. The van der Waals surface area contributed by atoms with E-state index in [1.807, 2.05) is 0 Å². The molecule has 0 aromatic heterocycles. The summed E-state index contributed by atoms with van der Waals surface area (Å²) in [5.41, 5.74) is 0. The lowest BCUT2D eigenvalue weighted by Gasteiger charge is -2.51. The predicted molar refractivity (Wildman–Crippen MR) is 81.4 cm³/mol. The monoisotopic (exact) mass is 264 g/mol. The van der Waals surface area contributed by atoms with Gasteiger partial charge >= 0.3 is 0 Å². The summed E-state index contributed by atoms with van der Waals surface area (Å²) in [7, 11) is 0. The molecule has 1 heterocycles. The number of hydrogen-bond acceptors (Lipinski definition) is 2. The number of nitrogens with one attached hydrogen (secondary N) is 1. The van der Waals surface area contributed by atoms with Crippen molar-refractivity contribution in [2.45, 2.75) is 89.3 Å². The minimum atomic E-state index is 0.777. The van der Waals surface area contributed by atoms with E-state index in [0.29, 0.717) is 0 Å². The van der Waals surface area contributed by atoms with Crippen LogP contribution in [0.5, 0.6) is 0 Å². The third kappa shape index (κ3) is 3.00. The average Bonchev–Trinajstić information content (AvgIpc) is 2.48. The Labute approximate surface area is 119 Å². The highest BCUT2D eigenvalue weighted by Crippen LogP contribution is 2.38. The summed E-state index contributed by atoms with van der Waals surface area (Å²) in [6.07, 6.45) is 14.7. The standard InChI is InChI=1S/C17H32N2/c1-2-18-15-10-4-6-12-17(15)19-13-7-9-14-8-3-5-11-16(14)19/h14-18H,2-13H2,1H3. The van der Waals surface area contributed by atoms with E-state index < -0.39 is 0 Å². The highest BCUT2D eigenvalue weighted by atomic mass is 15.2. The summed E-state index contributed by atoms with van der Waals surface area (Å²) in [5, 5.41) is 3.79. The average molecular weight is 264 g/mol. The largest absolute Gasteiger partial charge is 0.313 e. The van der Waals surface area contributed by atoms with E-state index in [1.54, 1.807) is 0 Å². The number of nitrogens with zero attached hydrogens (tertiary/aromatic N) is 1. The first-order valence-electron chi connectivity index (χ1n) is 8.89. The van der Waals surface area contributed by atoms with Gasteiger partial charge in [-0.25, -0.2) is 0 Å². The van der Waals surface area contributed by atoms with Gasteiger partial charge in [0.2, 0.25) is 0 Å². The summed E-state index contributed by atoms with van der Waals surface area (Å²) >= 11 is 0. The van der Waals surface area contributed by atoms with Crippen LogP contribution in [0.4, 0.5) is 0 Å². The van der Waals surface area contributed by atoms with Gasteiger partial charge in [-0.05, 0) is 57.5 Å². The Kier molecular flexibility index (Phi) is 4.81. The van der Waals surface area contributed by atoms with E-state index in [0.717, 1.165) is 30.6 Å². The Balaban J connectivity index is 1.70. The number of rotatable bonds is 3. The fourth-order valence-electron chi connectivity index (χ4n) is 5.08. The third-order valence-corrected chi connectivity index (χ3v) is 5.91. The van der Waals surface area contributed by atoms with Crippen molar-refractivity contribution >= 4 is 0 Å². The molecule has 2 aliphatic carbocycles. The van der Waals surface area contributed by atoms with Crippen LogP contribution in [0.2, 0.25) is 0 Å². The predicted octanol–water partition coefficient (Wildman–Crippen LogP) is 3.56. The smallest absolute Gasteiger partial charge is 0.0252 e. The maximum absolute atomic E-state index is 3.79. The molecule has 110 valence electrons. The van der Waals surface area contributed by atoms with Crippen molar-refractivity contribution in [1.82, 2.24) is 10.2 Å². The molecule has 3 aliphatic rings. The van der Waals surface area contributed by atoms with Crippen LogP contribution in [0.15, 0.2) is 0 Å². The summed E-state index contributed by atoms with van der Waals surface area (Å²) in [5.74, 6) is 1.03. The Bertz CT molecular complexity index is 274. The summed E-state index contributed by atoms with van der Waals surface area (Å²) in [4.78, 5) is 2.96. The van der Waals surface area contributed by atoms with E-state index >= 15 is 0 Å². The van der Waals surface area contributed by atoms with Gasteiger partial charge in [0.15, 0.2) is 0 Å². The van der Waals surface area contributed by atoms with Crippen LogP contribution < -0.4 is 5.32 Å². The van der Waals surface area contributed by atoms with Crippen molar-refractivity contribution in [3.8, 4) is 0 Å². The molecule has 0 bridgehead atoms. The van der Waals surface area contributed by atoms with Gasteiger partial charge in [-0.1, -0.05) is 32.6 Å². The molecule has 3 fully saturated rings. The Morgan fingerprint density at radius 1 is 0.842 bits per heavy atom. The zero-order valence-electron chi connectivity index (χ0n) is 12.7. The molecular formula is C17H32N2. The van der Waals surface area contributed by atoms with Crippen LogP contribution in [-0.4, -0.2) is 36.1 Å². The van der Waals surface area contributed by atoms with Crippen LogP contribution in [0, 0.1) is 5.92 Å². The van der Waals surface area contributed by atoms with Gasteiger partial charge in [0.05, 0.1) is 0 Å².